The summed E-state index contributed by atoms with van der Waals surface area (Å²) in [4.78, 5) is 19.2. The van der Waals surface area contributed by atoms with Gasteiger partial charge < -0.3 is 34.5 Å². The minimum Gasteiger partial charge on any atom is -0.489 e. The molecule has 3 heterocycles. The van der Waals surface area contributed by atoms with Gasteiger partial charge in [0.15, 0.2) is 21.3 Å². The summed E-state index contributed by atoms with van der Waals surface area (Å²) in [5.74, 6) is 2.63. The number of nitrogens with zero attached hydrogens (tertiary/aromatic N) is 2. The van der Waals surface area contributed by atoms with Crippen LogP contribution in [0.25, 0.3) is 10.9 Å². The van der Waals surface area contributed by atoms with Crippen LogP contribution in [0, 0.1) is 5.82 Å². The molecule has 2 amide bonds. The van der Waals surface area contributed by atoms with Gasteiger partial charge in [-0.15, -0.1) is 0 Å². The largest absolute Gasteiger partial charge is 0.489 e. The fraction of sp³-hybridized carbons (Fsp3) is 0.333. The van der Waals surface area contributed by atoms with Gasteiger partial charge in [-0.25, -0.2) is 17.6 Å². The normalized spacial score (nSPS) is 16.4. The maximum atomic E-state index is 13.2. The van der Waals surface area contributed by atoms with E-state index in [1.165, 1.54) is 12.1 Å². The molecule has 13 heteroatoms. The molecule has 0 bridgehead atoms. The highest BCUT2D eigenvalue weighted by Gasteiger charge is 2.25. The third kappa shape index (κ3) is 7.60. The molecule has 2 aliphatic heterocycles. The summed E-state index contributed by atoms with van der Waals surface area (Å²) in [7, 11) is -2.91. The summed E-state index contributed by atoms with van der Waals surface area (Å²) in [6.07, 6.45) is 2.37. The number of sulfone groups is 1. The van der Waals surface area contributed by atoms with Crippen LogP contribution in [0.3, 0.4) is 0 Å². The Morgan fingerprint density at radius 3 is 2.46 bits per heavy atom. The Bertz CT molecular complexity index is 1790. The molecule has 11 nitrogen and oxygen atoms in total. The van der Waals surface area contributed by atoms with Gasteiger partial charge in [0.25, 0.3) is 0 Å². The second-order valence-corrected chi connectivity index (χ2v) is 13.4. The molecule has 2 N–H and O–H groups in total. The molecular formula is C33H35FN4O7S. The third-order valence-electron chi connectivity index (χ3n) is 7.81. The van der Waals surface area contributed by atoms with Crippen molar-refractivity contribution in [3.8, 4) is 28.7 Å². The SMILES string of the molecule is C[C@@H](NC(=O)Nc1ccc(Oc2ccnc3cc(OCCCN4CCS(=O)(=O)CC4)c4c(c23)OCCO4)cc1)c1ccc(F)cc1. The zero-order chi connectivity index (χ0) is 32.1. The first-order valence-corrected chi connectivity index (χ1v) is 16.9. The first-order valence-electron chi connectivity index (χ1n) is 15.1. The van der Waals surface area contributed by atoms with Crippen molar-refractivity contribution in [3.05, 3.63) is 78.2 Å². The van der Waals surface area contributed by atoms with Crippen LogP contribution in [0.15, 0.2) is 66.9 Å². The summed E-state index contributed by atoms with van der Waals surface area (Å²) in [5, 5.41) is 6.28. The lowest BCUT2D eigenvalue weighted by molar-refractivity contribution is 0.162. The van der Waals surface area contributed by atoms with Crippen molar-refractivity contribution >= 4 is 32.5 Å². The van der Waals surface area contributed by atoms with Crippen molar-refractivity contribution in [3.63, 3.8) is 0 Å². The lowest BCUT2D eigenvalue weighted by Crippen LogP contribution is -2.40. The number of benzene rings is 3. The van der Waals surface area contributed by atoms with E-state index in [-0.39, 0.29) is 23.4 Å². The van der Waals surface area contributed by atoms with Gasteiger partial charge in [0.2, 0.25) is 5.75 Å². The number of urea groups is 1. The van der Waals surface area contributed by atoms with Crippen LogP contribution in [0.1, 0.15) is 24.9 Å². The van der Waals surface area contributed by atoms with E-state index in [2.05, 4.69) is 20.5 Å². The average Bonchev–Trinajstić information content (AvgIpc) is 3.05. The van der Waals surface area contributed by atoms with E-state index >= 15 is 0 Å². The van der Waals surface area contributed by atoms with E-state index in [1.54, 1.807) is 48.7 Å². The van der Waals surface area contributed by atoms with Crippen LogP contribution in [0.4, 0.5) is 14.9 Å². The number of halogens is 1. The molecule has 46 heavy (non-hydrogen) atoms. The summed E-state index contributed by atoms with van der Waals surface area (Å²) in [6.45, 7) is 4.81. The number of hydrogen-bond donors (Lipinski definition) is 2. The summed E-state index contributed by atoms with van der Waals surface area (Å²) < 4.78 is 61.0. The van der Waals surface area contributed by atoms with Crippen molar-refractivity contribution in [1.29, 1.82) is 0 Å². The Kier molecular flexibility index (Phi) is 9.41. The first kappa shape index (κ1) is 31.4. The Hall–Kier alpha value is -4.62. The van der Waals surface area contributed by atoms with Crippen LogP contribution in [0.2, 0.25) is 0 Å². The molecule has 0 aliphatic carbocycles. The molecule has 3 aromatic carbocycles. The van der Waals surface area contributed by atoms with Gasteiger partial charge in [-0.1, -0.05) is 12.1 Å². The zero-order valence-electron chi connectivity index (χ0n) is 25.3. The van der Waals surface area contributed by atoms with E-state index in [9.17, 15) is 17.6 Å². The Balaban J connectivity index is 1.10. The van der Waals surface area contributed by atoms with E-state index in [0.29, 0.717) is 78.2 Å². The van der Waals surface area contributed by atoms with Gasteiger partial charge in [0.05, 0.1) is 35.1 Å². The second kappa shape index (κ2) is 13.8. The van der Waals surface area contributed by atoms with Gasteiger partial charge in [-0.05, 0) is 61.4 Å². The zero-order valence-corrected chi connectivity index (χ0v) is 26.1. The van der Waals surface area contributed by atoms with Crippen LogP contribution in [0.5, 0.6) is 28.7 Å². The number of nitrogens with one attached hydrogen (secondary N) is 2. The van der Waals surface area contributed by atoms with Crippen LogP contribution in [-0.4, -0.2) is 75.3 Å². The van der Waals surface area contributed by atoms with Crippen LogP contribution >= 0.6 is 0 Å². The second-order valence-electron chi connectivity index (χ2n) is 11.1. The minimum atomic E-state index is -2.91. The molecule has 0 unspecified atom stereocenters. The van der Waals surface area contributed by atoms with Gasteiger partial charge in [0.1, 0.15) is 30.5 Å². The smallest absolute Gasteiger partial charge is 0.319 e. The summed E-state index contributed by atoms with van der Waals surface area (Å²) >= 11 is 0. The molecule has 1 aromatic heterocycles. The van der Waals surface area contributed by atoms with Gasteiger partial charge >= 0.3 is 6.03 Å². The Morgan fingerprint density at radius 2 is 1.72 bits per heavy atom. The van der Waals surface area contributed by atoms with E-state index in [1.807, 2.05) is 13.0 Å². The molecule has 0 spiro atoms. The van der Waals surface area contributed by atoms with Crippen molar-refractivity contribution in [2.45, 2.75) is 19.4 Å². The molecule has 2 aliphatic rings. The fourth-order valence-electron chi connectivity index (χ4n) is 5.34. The molecule has 0 saturated carbocycles. The highest BCUT2D eigenvalue weighted by molar-refractivity contribution is 7.91. The molecule has 1 atom stereocenters. The number of rotatable bonds is 10. The molecule has 4 aromatic rings. The van der Waals surface area contributed by atoms with Crippen molar-refractivity contribution < 1.29 is 36.6 Å². The Labute approximate surface area is 266 Å². The lowest BCUT2D eigenvalue weighted by atomic mass is 10.1. The van der Waals surface area contributed by atoms with Gasteiger partial charge in [-0.2, -0.15) is 0 Å². The first-order chi connectivity index (χ1) is 22.2. The van der Waals surface area contributed by atoms with Gasteiger partial charge in [-0.3, -0.25) is 4.98 Å². The highest BCUT2D eigenvalue weighted by atomic mass is 32.2. The maximum absolute atomic E-state index is 13.2. The topological polar surface area (TPSA) is 128 Å². The quantitative estimate of drug-likeness (QED) is 0.219. The number of fused-ring (bicyclic) bond motifs is 3. The molecular weight excluding hydrogens is 615 g/mol. The predicted octanol–water partition coefficient (Wildman–Crippen LogP) is 5.32. The third-order valence-corrected chi connectivity index (χ3v) is 9.42. The minimum absolute atomic E-state index is 0.199. The van der Waals surface area contributed by atoms with E-state index < -0.39 is 15.9 Å². The number of pyridine rings is 1. The van der Waals surface area contributed by atoms with E-state index in [0.717, 1.165) is 18.5 Å². The van der Waals surface area contributed by atoms with Crippen molar-refractivity contribution in [1.82, 2.24) is 15.2 Å². The monoisotopic (exact) mass is 650 g/mol. The summed E-state index contributed by atoms with van der Waals surface area (Å²) in [5.41, 5.74) is 1.97. The van der Waals surface area contributed by atoms with Crippen molar-refractivity contribution in [2.75, 3.05) is 56.3 Å². The standard InChI is InChI=1S/C33H35FN4O7S/c1-22(23-3-5-24(34)6-4-23)36-33(39)37-25-7-9-26(10-8-25)45-28-11-12-35-27-21-29(31-32(30(27)28)44-18-17-43-31)42-16-2-13-38-14-19-46(40,41)20-15-38/h3-12,21-22H,2,13-20H2,1H3,(H2,36,37,39)/t22-/m1/s1. The molecule has 1 saturated heterocycles. The molecule has 0 radical (unpaired) electrons. The highest BCUT2D eigenvalue weighted by Crippen LogP contribution is 2.48. The molecule has 1 fully saturated rings. The number of carbonyl (C=O) groups excluding carboxylic acids is 1. The van der Waals surface area contributed by atoms with Crippen molar-refractivity contribution in [2.24, 2.45) is 0 Å². The Morgan fingerprint density at radius 1 is 1.00 bits per heavy atom. The number of hydrogen-bond acceptors (Lipinski definition) is 9. The number of carbonyl (C=O) groups is 1. The average molecular weight is 651 g/mol. The summed E-state index contributed by atoms with van der Waals surface area (Å²) in [6, 6.07) is 15.8. The number of aromatic nitrogens is 1. The van der Waals surface area contributed by atoms with Gasteiger partial charge in [0, 0.05) is 37.6 Å². The van der Waals surface area contributed by atoms with Crippen LogP contribution < -0.4 is 29.6 Å². The lowest BCUT2D eigenvalue weighted by Gasteiger charge is -2.26. The number of amides is 2. The number of anilines is 1. The van der Waals surface area contributed by atoms with E-state index in [4.69, 9.17) is 18.9 Å². The predicted molar refractivity (Wildman–Crippen MR) is 171 cm³/mol. The molecule has 6 rings (SSSR count). The van der Waals surface area contributed by atoms with Crippen LogP contribution in [-0.2, 0) is 9.84 Å². The maximum Gasteiger partial charge on any atom is 0.319 e. The number of ether oxygens (including phenoxy) is 4. The molecule has 242 valence electrons. The fourth-order valence-corrected chi connectivity index (χ4v) is 6.62.